The molecule has 1 aromatic rings. The topological polar surface area (TPSA) is 43.8 Å². The van der Waals surface area contributed by atoms with Gasteiger partial charge in [0, 0.05) is 7.05 Å². The van der Waals surface area contributed by atoms with E-state index in [9.17, 15) is 0 Å². The van der Waals surface area contributed by atoms with Gasteiger partial charge in [0.1, 0.15) is 0 Å². The third kappa shape index (κ3) is 2.45. The van der Waals surface area contributed by atoms with Crippen LogP contribution in [0, 0.1) is 0 Å². The first-order valence-corrected chi connectivity index (χ1v) is 4.97. The van der Waals surface area contributed by atoms with Crippen molar-refractivity contribution in [1.29, 1.82) is 0 Å². The minimum absolute atomic E-state index is 0.0188. The van der Waals surface area contributed by atoms with Gasteiger partial charge in [0.25, 0.3) is 0 Å². The van der Waals surface area contributed by atoms with E-state index >= 15 is 0 Å². The highest BCUT2D eigenvalue weighted by atomic mass is 15.3. The van der Waals surface area contributed by atoms with Crippen LogP contribution in [-0.4, -0.2) is 9.78 Å². The van der Waals surface area contributed by atoms with E-state index in [2.05, 4.69) is 24.7 Å². The predicted molar refractivity (Wildman–Crippen MR) is 58.9 cm³/mol. The van der Waals surface area contributed by atoms with E-state index in [0.717, 1.165) is 29.8 Å². The molecule has 0 aromatic carbocycles. The third-order valence-electron chi connectivity index (χ3n) is 2.28. The van der Waals surface area contributed by atoms with E-state index in [4.69, 9.17) is 5.73 Å². The molecular formula is C11H19N3. The first-order chi connectivity index (χ1) is 6.54. The van der Waals surface area contributed by atoms with E-state index in [0.29, 0.717) is 0 Å². The van der Waals surface area contributed by atoms with Crippen molar-refractivity contribution in [3.63, 3.8) is 0 Å². The Morgan fingerprint density at radius 2 is 2.36 bits per heavy atom. The molecule has 0 bridgehead atoms. The number of nitrogens with zero attached hydrogens (tertiary/aromatic N) is 2. The minimum atomic E-state index is 0.0188. The fourth-order valence-electron chi connectivity index (χ4n) is 1.54. The van der Waals surface area contributed by atoms with E-state index in [1.54, 1.807) is 0 Å². The molecule has 0 amide bonds. The lowest BCUT2D eigenvalue weighted by molar-refractivity contribution is 0.612. The van der Waals surface area contributed by atoms with Gasteiger partial charge in [-0.1, -0.05) is 12.5 Å². The van der Waals surface area contributed by atoms with E-state index in [-0.39, 0.29) is 6.04 Å². The Bertz CT molecular complexity index is 325. The van der Waals surface area contributed by atoms with Crippen LogP contribution in [0.3, 0.4) is 0 Å². The lowest BCUT2D eigenvalue weighted by Crippen LogP contribution is -2.14. The first kappa shape index (κ1) is 11.0. The van der Waals surface area contributed by atoms with Crippen molar-refractivity contribution in [2.75, 3.05) is 0 Å². The van der Waals surface area contributed by atoms with Crippen molar-refractivity contribution in [1.82, 2.24) is 9.78 Å². The fraction of sp³-hybridized carbons (Fsp3) is 0.545. The summed E-state index contributed by atoms with van der Waals surface area (Å²) in [6, 6.07) is 2.10. The van der Waals surface area contributed by atoms with Gasteiger partial charge >= 0.3 is 0 Å². The van der Waals surface area contributed by atoms with Gasteiger partial charge < -0.3 is 5.73 Å². The highest BCUT2D eigenvalue weighted by Gasteiger charge is 2.11. The summed E-state index contributed by atoms with van der Waals surface area (Å²) in [5.41, 5.74) is 9.34. The van der Waals surface area contributed by atoms with Crippen LogP contribution in [-0.2, 0) is 13.5 Å². The maximum atomic E-state index is 6.04. The molecule has 1 atom stereocenters. The second-order valence-electron chi connectivity index (χ2n) is 3.81. The monoisotopic (exact) mass is 193 g/mol. The number of nitrogens with two attached hydrogens (primary N) is 1. The molecule has 0 saturated carbocycles. The standard InChI is InChI=1S/C11H19N3/c1-5-9-7-11(14(4)13-9)10(12)6-8(2)3/h7,10H,2,5-6,12H2,1,3-4H3. The maximum Gasteiger partial charge on any atom is 0.0625 e. The number of aromatic nitrogens is 2. The van der Waals surface area contributed by atoms with Crippen molar-refractivity contribution in [2.24, 2.45) is 12.8 Å². The molecule has 1 aromatic heterocycles. The summed E-state index contributed by atoms with van der Waals surface area (Å²) in [5.74, 6) is 0. The molecule has 0 radical (unpaired) electrons. The van der Waals surface area contributed by atoms with E-state index in [1.165, 1.54) is 0 Å². The second-order valence-corrected chi connectivity index (χ2v) is 3.81. The Morgan fingerprint density at radius 1 is 1.71 bits per heavy atom. The molecule has 3 heteroatoms. The van der Waals surface area contributed by atoms with Crippen LogP contribution in [0.15, 0.2) is 18.2 Å². The number of aryl methyl sites for hydroxylation is 2. The SMILES string of the molecule is C=C(C)CC(N)c1cc(CC)nn1C. The predicted octanol–water partition coefficient (Wildman–Crippen LogP) is 1.95. The normalized spacial score (nSPS) is 12.9. The van der Waals surface area contributed by atoms with Crippen molar-refractivity contribution < 1.29 is 0 Å². The number of hydrogen-bond donors (Lipinski definition) is 1. The molecule has 1 unspecified atom stereocenters. The van der Waals surface area contributed by atoms with Crippen molar-refractivity contribution in [3.05, 3.63) is 29.6 Å². The summed E-state index contributed by atoms with van der Waals surface area (Å²) >= 11 is 0. The Labute approximate surface area is 85.6 Å². The Balaban J connectivity index is 2.83. The molecule has 0 fully saturated rings. The molecule has 2 N–H and O–H groups in total. The van der Waals surface area contributed by atoms with Gasteiger partial charge in [-0.2, -0.15) is 5.10 Å². The molecule has 0 aliphatic heterocycles. The summed E-state index contributed by atoms with van der Waals surface area (Å²) in [7, 11) is 1.94. The second kappa shape index (κ2) is 4.42. The molecule has 0 saturated heterocycles. The highest BCUT2D eigenvalue weighted by Crippen LogP contribution is 2.18. The van der Waals surface area contributed by atoms with Gasteiger partial charge in [-0.05, 0) is 25.8 Å². The van der Waals surface area contributed by atoms with Gasteiger partial charge in [-0.25, -0.2) is 0 Å². The fourth-order valence-corrected chi connectivity index (χ4v) is 1.54. The van der Waals surface area contributed by atoms with Crippen molar-refractivity contribution in [3.8, 4) is 0 Å². The van der Waals surface area contributed by atoms with Gasteiger partial charge in [0.05, 0.1) is 17.4 Å². The lowest BCUT2D eigenvalue weighted by Gasteiger charge is -2.11. The number of hydrogen-bond acceptors (Lipinski definition) is 2. The average molecular weight is 193 g/mol. The zero-order valence-electron chi connectivity index (χ0n) is 9.25. The average Bonchev–Trinajstić information content (AvgIpc) is 2.45. The van der Waals surface area contributed by atoms with E-state index < -0.39 is 0 Å². The summed E-state index contributed by atoms with van der Waals surface area (Å²) in [6.07, 6.45) is 1.77. The molecule has 0 aliphatic rings. The summed E-state index contributed by atoms with van der Waals surface area (Å²) < 4.78 is 1.87. The van der Waals surface area contributed by atoms with Crippen molar-refractivity contribution in [2.45, 2.75) is 32.7 Å². The Hall–Kier alpha value is -1.09. The smallest absolute Gasteiger partial charge is 0.0625 e. The molecule has 78 valence electrons. The largest absolute Gasteiger partial charge is 0.322 e. The van der Waals surface area contributed by atoms with Crippen LogP contribution >= 0.6 is 0 Å². The summed E-state index contributed by atoms with van der Waals surface area (Å²) in [5, 5.41) is 4.36. The van der Waals surface area contributed by atoms with Gasteiger partial charge in [0.2, 0.25) is 0 Å². The summed E-state index contributed by atoms with van der Waals surface area (Å²) in [4.78, 5) is 0. The van der Waals surface area contributed by atoms with Gasteiger partial charge in [-0.3, -0.25) is 4.68 Å². The molecule has 0 aliphatic carbocycles. The van der Waals surface area contributed by atoms with Crippen molar-refractivity contribution >= 4 is 0 Å². The van der Waals surface area contributed by atoms with Crippen LogP contribution < -0.4 is 5.73 Å². The van der Waals surface area contributed by atoms with Crippen LogP contribution in [0.4, 0.5) is 0 Å². The molecule has 1 rings (SSSR count). The van der Waals surface area contributed by atoms with Crippen LogP contribution in [0.25, 0.3) is 0 Å². The Morgan fingerprint density at radius 3 is 2.79 bits per heavy atom. The van der Waals surface area contributed by atoms with E-state index in [1.807, 2.05) is 18.7 Å². The zero-order valence-corrected chi connectivity index (χ0v) is 9.25. The minimum Gasteiger partial charge on any atom is -0.322 e. The van der Waals surface area contributed by atoms with Gasteiger partial charge in [-0.15, -0.1) is 6.58 Å². The molecule has 3 nitrogen and oxygen atoms in total. The molecule has 1 heterocycles. The van der Waals surface area contributed by atoms with Crippen LogP contribution in [0.2, 0.25) is 0 Å². The molecular weight excluding hydrogens is 174 g/mol. The molecule has 14 heavy (non-hydrogen) atoms. The lowest BCUT2D eigenvalue weighted by atomic mass is 10.1. The quantitative estimate of drug-likeness (QED) is 0.743. The van der Waals surface area contributed by atoms with Gasteiger partial charge in [0.15, 0.2) is 0 Å². The first-order valence-electron chi connectivity index (χ1n) is 4.97. The summed E-state index contributed by atoms with van der Waals surface area (Å²) in [6.45, 7) is 7.96. The van der Waals surface area contributed by atoms with Crippen LogP contribution in [0.5, 0.6) is 0 Å². The van der Waals surface area contributed by atoms with Crippen LogP contribution in [0.1, 0.15) is 37.7 Å². The molecule has 0 spiro atoms. The number of rotatable bonds is 4. The maximum absolute atomic E-state index is 6.04. The highest BCUT2D eigenvalue weighted by molar-refractivity contribution is 5.15. The third-order valence-corrected chi connectivity index (χ3v) is 2.28. The zero-order chi connectivity index (χ0) is 10.7. The Kier molecular flexibility index (Phi) is 3.47.